The van der Waals surface area contributed by atoms with Gasteiger partial charge in [-0.15, -0.1) is 16.8 Å². The van der Waals surface area contributed by atoms with Crippen LogP contribution in [0.15, 0.2) is 45.2 Å². The Kier molecular flexibility index (Phi) is 5.15. The Hall–Kier alpha value is -2.34. The molecule has 0 aliphatic heterocycles. The lowest BCUT2D eigenvalue weighted by Gasteiger charge is -2.13. The summed E-state index contributed by atoms with van der Waals surface area (Å²) in [5.41, 5.74) is 3.73. The number of rotatable bonds is 7. The Morgan fingerprint density at radius 1 is 1.32 bits per heavy atom. The maximum Gasteiger partial charge on any atom is 0.336 e. The van der Waals surface area contributed by atoms with Gasteiger partial charge in [0.15, 0.2) is 5.16 Å². The van der Waals surface area contributed by atoms with Crippen molar-refractivity contribution in [1.29, 1.82) is 0 Å². The molecule has 6 heteroatoms. The number of hydrogen-bond donors (Lipinski definition) is 0. The highest BCUT2D eigenvalue weighted by atomic mass is 32.2. The lowest BCUT2D eigenvalue weighted by Crippen LogP contribution is -2.04. The predicted molar refractivity (Wildman–Crippen MR) is 113 cm³/mol. The molecule has 1 aromatic carbocycles. The van der Waals surface area contributed by atoms with Gasteiger partial charge >= 0.3 is 5.63 Å². The number of aromatic nitrogens is 3. The zero-order valence-corrected chi connectivity index (χ0v) is 17.4. The van der Waals surface area contributed by atoms with E-state index in [1.165, 1.54) is 18.4 Å². The van der Waals surface area contributed by atoms with Crippen LogP contribution in [0, 0.1) is 6.92 Å². The van der Waals surface area contributed by atoms with Gasteiger partial charge < -0.3 is 8.98 Å². The van der Waals surface area contributed by atoms with Gasteiger partial charge in [-0.05, 0) is 54.5 Å². The topological polar surface area (TPSA) is 60.9 Å². The van der Waals surface area contributed by atoms with Gasteiger partial charge in [0.25, 0.3) is 0 Å². The van der Waals surface area contributed by atoms with Gasteiger partial charge in [-0.1, -0.05) is 31.7 Å². The summed E-state index contributed by atoms with van der Waals surface area (Å²) in [6.45, 7) is 11.0. The van der Waals surface area contributed by atoms with Gasteiger partial charge in [0.05, 0.1) is 0 Å². The molecule has 5 nitrogen and oxygen atoms in total. The first-order valence-corrected chi connectivity index (χ1v) is 10.7. The zero-order chi connectivity index (χ0) is 19.8. The molecule has 0 unspecified atom stereocenters. The van der Waals surface area contributed by atoms with Gasteiger partial charge in [-0.2, -0.15) is 0 Å². The van der Waals surface area contributed by atoms with Crippen LogP contribution in [0.3, 0.4) is 0 Å². The summed E-state index contributed by atoms with van der Waals surface area (Å²) in [5, 5.41) is 10.7. The van der Waals surface area contributed by atoms with Crippen molar-refractivity contribution < 1.29 is 4.42 Å². The van der Waals surface area contributed by atoms with E-state index in [0.29, 0.717) is 29.7 Å². The number of thioether (sulfide) groups is 1. The number of benzene rings is 1. The quantitative estimate of drug-likeness (QED) is 0.314. The Labute approximate surface area is 168 Å². The summed E-state index contributed by atoms with van der Waals surface area (Å²) in [6, 6.07) is 5.74. The molecular formula is C22H25N3O2S. The van der Waals surface area contributed by atoms with Crippen LogP contribution in [0.5, 0.6) is 0 Å². The van der Waals surface area contributed by atoms with Crippen LogP contribution in [0.2, 0.25) is 0 Å². The Bertz CT molecular complexity index is 1090. The smallest absolute Gasteiger partial charge is 0.336 e. The number of nitrogens with zero attached hydrogens (tertiary/aromatic N) is 3. The maximum absolute atomic E-state index is 12.1. The first-order chi connectivity index (χ1) is 13.5. The van der Waals surface area contributed by atoms with Gasteiger partial charge in [0, 0.05) is 29.7 Å². The molecule has 0 spiro atoms. The summed E-state index contributed by atoms with van der Waals surface area (Å²) >= 11 is 1.61. The van der Waals surface area contributed by atoms with E-state index in [4.69, 9.17) is 4.42 Å². The van der Waals surface area contributed by atoms with Gasteiger partial charge in [-0.3, -0.25) is 0 Å². The van der Waals surface area contributed by atoms with Crippen LogP contribution in [-0.2, 0) is 12.3 Å². The zero-order valence-electron chi connectivity index (χ0n) is 16.6. The van der Waals surface area contributed by atoms with Crippen LogP contribution < -0.4 is 5.63 Å². The number of hydrogen-bond acceptors (Lipinski definition) is 5. The van der Waals surface area contributed by atoms with Crippen molar-refractivity contribution in [2.24, 2.45) is 0 Å². The molecular weight excluding hydrogens is 370 g/mol. The third kappa shape index (κ3) is 3.65. The highest BCUT2D eigenvalue weighted by molar-refractivity contribution is 7.98. The fraction of sp³-hybridized carbons (Fsp3) is 0.409. The molecule has 4 rings (SSSR count). The van der Waals surface area contributed by atoms with Crippen molar-refractivity contribution in [2.75, 3.05) is 0 Å². The second-order valence-corrected chi connectivity index (χ2v) is 8.70. The Morgan fingerprint density at radius 2 is 2.11 bits per heavy atom. The van der Waals surface area contributed by atoms with E-state index in [1.807, 2.05) is 12.1 Å². The molecule has 0 bridgehead atoms. The number of aryl methyl sites for hydroxylation is 1. The lowest BCUT2D eigenvalue weighted by molar-refractivity contribution is 0.559. The average molecular weight is 396 g/mol. The van der Waals surface area contributed by atoms with E-state index in [-0.39, 0.29) is 5.63 Å². The van der Waals surface area contributed by atoms with E-state index in [2.05, 4.69) is 48.2 Å². The van der Waals surface area contributed by atoms with E-state index >= 15 is 0 Å². The molecule has 2 heterocycles. The third-order valence-electron chi connectivity index (χ3n) is 5.20. The first-order valence-electron chi connectivity index (χ1n) is 9.72. The summed E-state index contributed by atoms with van der Waals surface area (Å²) in [6.07, 6.45) is 4.24. The largest absolute Gasteiger partial charge is 0.423 e. The molecule has 1 aliphatic carbocycles. The molecule has 1 aliphatic rings. The molecule has 1 saturated carbocycles. The Balaban J connectivity index is 1.69. The third-order valence-corrected chi connectivity index (χ3v) is 6.21. The Morgan fingerprint density at radius 3 is 2.79 bits per heavy atom. The molecule has 0 radical (unpaired) electrons. The summed E-state index contributed by atoms with van der Waals surface area (Å²) in [5.74, 6) is 2.64. The lowest BCUT2D eigenvalue weighted by atomic mass is 9.95. The van der Waals surface area contributed by atoms with E-state index < -0.39 is 0 Å². The molecule has 0 saturated heterocycles. The molecule has 146 valence electrons. The van der Waals surface area contributed by atoms with Crippen molar-refractivity contribution in [3.8, 4) is 0 Å². The normalized spacial score (nSPS) is 14.1. The standard InChI is InChI=1S/C22H25N3O2S/c1-5-8-25-21(15-6-7-15)23-24-22(25)28-12-16-10-20(26)27-19-9-14(4)17(13(2)3)11-18(16)19/h5,9-11,13,15H,1,6-8,12H2,2-4H3. The van der Waals surface area contributed by atoms with Crippen molar-refractivity contribution in [2.45, 2.75) is 62.9 Å². The van der Waals surface area contributed by atoms with Gasteiger partial charge in [0.2, 0.25) is 0 Å². The summed E-state index contributed by atoms with van der Waals surface area (Å²) < 4.78 is 7.61. The summed E-state index contributed by atoms with van der Waals surface area (Å²) in [4.78, 5) is 12.1. The fourth-order valence-corrected chi connectivity index (χ4v) is 4.57. The molecule has 1 fully saturated rings. The van der Waals surface area contributed by atoms with E-state index in [9.17, 15) is 4.79 Å². The molecule has 3 aromatic rings. The van der Waals surface area contributed by atoms with Crippen molar-refractivity contribution in [3.63, 3.8) is 0 Å². The molecule has 0 amide bonds. The molecule has 0 N–H and O–H groups in total. The number of fused-ring (bicyclic) bond motifs is 1. The highest BCUT2D eigenvalue weighted by Gasteiger charge is 2.30. The minimum atomic E-state index is -0.314. The monoisotopic (exact) mass is 395 g/mol. The molecule has 2 aromatic heterocycles. The predicted octanol–water partition coefficient (Wildman–Crippen LogP) is 5.17. The average Bonchev–Trinajstić information content (AvgIpc) is 3.41. The van der Waals surface area contributed by atoms with Gasteiger partial charge in [0.1, 0.15) is 11.4 Å². The van der Waals surface area contributed by atoms with Crippen LogP contribution in [0.1, 0.15) is 61.0 Å². The van der Waals surface area contributed by atoms with Crippen LogP contribution in [0.25, 0.3) is 11.0 Å². The highest BCUT2D eigenvalue weighted by Crippen LogP contribution is 2.40. The first kappa shape index (κ1) is 19.0. The molecule has 0 atom stereocenters. The minimum absolute atomic E-state index is 0.314. The maximum atomic E-state index is 12.1. The SMILES string of the molecule is C=CCn1c(SCc2cc(=O)oc3cc(C)c(C(C)C)cc23)nnc1C1CC1. The molecule has 28 heavy (non-hydrogen) atoms. The minimum Gasteiger partial charge on any atom is -0.423 e. The second-order valence-electron chi connectivity index (χ2n) is 7.75. The van der Waals surface area contributed by atoms with E-state index in [1.54, 1.807) is 17.8 Å². The fourth-order valence-electron chi connectivity index (χ4n) is 3.63. The second kappa shape index (κ2) is 7.59. The van der Waals surface area contributed by atoms with Crippen molar-refractivity contribution in [1.82, 2.24) is 14.8 Å². The van der Waals surface area contributed by atoms with Crippen molar-refractivity contribution >= 4 is 22.7 Å². The van der Waals surface area contributed by atoms with Crippen LogP contribution in [0.4, 0.5) is 0 Å². The van der Waals surface area contributed by atoms with E-state index in [0.717, 1.165) is 27.5 Å². The van der Waals surface area contributed by atoms with Crippen LogP contribution in [-0.4, -0.2) is 14.8 Å². The van der Waals surface area contributed by atoms with Crippen LogP contribution >= 0.6 is 11.8 Å². The number of allylic oxidation sites excluding steroid dienone is 1. The van der Waals surface area contributed by atoms with Crippen molar-refractivity contribution in [3.05, 3.63) is 63.8 Å². The van der Waals surface area contributed by atoms with Gasteiger partial charge in [-0.25, -0.2) is 4.79 Å². The summed E-state index contributed by atoms with van der Waals surface area (Å²) in [7, 11) is 0.